The van der Waals surface area contributed by atoms with Gasteiger partial charge in [0.1, 0.15) is 11.6 Å². The number of nitrogens with zero attached hydrogens (tertiary/aromatic N) is 1. The fourth-order valence-corrected chi connectivity index (χ4v) is 2.00. The van der Waals surface area contributed by atoms with Crippen molar-refractivity contribution in [2.75, 3.05) is 0 Å². The van der Waals surface area contributed by atoms with E-state index in [4.69, 9.17) is 0 Å². The molecular formula is C14H10FIN2O2. The Balaban J connectivity index is 2.06. The topological polar surface area (TPSA) is 61.7 Å². The second kappa shape index (κ2) is 6.47. The first-order valence-corrected chi connectivity index (χ1v) is 6.71. The minimum Gasteiger partial charge on any atom is -0.507 e. The molecule has 0 aromatic heterocycles. The van der Waals surface area contributed by atoms with Crippen molar-refractivity contribution < 1.29 is 14.3 Å². The summed E-state index contributed by atoms with van der Waals surface area (Å²) in [6, 6.07) is 10.3. The molecule has 0 saturated carbocycles. The minimum atomic E-state index is -0.522. The quantitative estimate of drug-likeness (QED) is 0.486. The summed E-state index contributed by atoms with van der Waals surface area (Å²) in [6.45, 7) is 0. The maximum Gasteiger partial charge on any atom is 0.271 e. The lowest BCUT2D eigenvalue weighted by atomic mass is 10.2. The normalized spacial score (nSPS) is 10.7. The number of rotatable bonds is 3. The molecule has 6 heteroatoms. The number of carbonyl (C=O) groups is 1. The van der Waals surface area contributed by atoms with Gasteiger partial charge in [-0.25, -0.2) is 9.82 Å². The van der Waals surface area contributed by atoms with Gasteiger partial charge in [-0.05, 0) is 59.0 Å². The van der Waals surface area contributed by atoms with Crippen LogP contribution in [0.25, 0.3) is 0 Å². The average molecular weight is 384 g/mol. The van der Waals surface area contributed by atoms with Crippen LogP contribution in [0.15, 0.2) is 47.6 Å². The standard InChI is InChI=1S/C14H10FIN2O2/c15-11-3-1-2-9(6-11)14(20)18-17-8-10-7-12(16)4-5-13(10)19/h1-8,19H,(H,18,20)/b17-8-. The van der Waals surface area contributed by atoms with E-state index in [9.17, 15) is 14.3 Å². The van der Waals surface area contributed by atoms with Crippen LogP contribution in [-0.2, 0) is 0 Å². The molecule has 0 aliphatic rings. The highest BCUT2D eigenvalue weighted by molar-refractivity contribution is 14.1. The van der Waals surface area contributed by atoms with Crippen LogP contribution >= 0.6 is 22.6 Å². The molecule has 2 aromatic rings. The zero-order valence-electron chi connectivity index (χ0n) is 10.2. The summed E-state index contributed by atoms with van der Waals surface area (Å²) in [7, 11) is 0. The number of aromatic hydroxyl groups is 1. The Labute approximate surface area is 128 Å². The van der Waals surface area contributed by atoms with Crippen molar-refractivity contribution in [2.45, 2.75) is 0 Å². The summed E-state index contributed by atoms with van der Waals surface area (Å²) in [5, 5.41) is 13.3. The number of benzene rings is 2. The highest BCUT2D eigenvalue weighted by Gasteiger charge is 2.05. The van der Waals surface area contributed by atoms with E-state index in [-0.39, 0.29) is 11.3 Å². The van der Waals surface area contributed by atoms with Gasteiger partial charge < -0.3 is 5.11 Å². The molecule has 2 aromatic carbocycles. The molecule has 0 aliphatic heterocycles. The zero-order valence-corrected chi connectivity index (χ0v) is 12.3. The Kier molecular flexibility index (Phi) is 4.67. The van der Waals surface area contributed by atoms with E-state index in [1.54, 1.807) is 12.1 Å². The van der Waals surface area contributed by atoms with E-state index >= 15 is 0 Å². The maximum atomic E-state index is 13.0. The molecule has 0 heterocycles. The number of hydrogen-bond donors (Lipinski definition) is 2. The van der Waals surface area contributed by atoms with Crippen LogP contribution in [0.4, 0.5) is 4.39 Å². The molecule has 4 nitrogen and oxygen atoms in total. The lowest BCUT2D eigenvalue weighted by Gasteiger charge is -2.01. The SMILES string of the molecule is O=C(N/N=C\c1cc(I)ccc1O)c1cccc(F)c1. The van der Waals surface area contributed by atoms with Crippen molar-refractivity contribution in [1.29, 1.82) is 0 Å². The monoisotopic (exact) mass is 384 g/mol. The van der Waals surface area contributed by atoms with Crippen LogP contribution in [0.1, 0.15) is 15.9 Å². The Bertz CT molecular complexity index is 674. The second-order valence-corrected chi connectivity index (χ2v) is 5.16. The summed E-state index contributed by atoms with van der Waals surface area (Å²) < 4.78 is 13.9. The molecule has 0 bridgehead atoms. The van der Waals surface area contributed by atoms with E-state index < -0.39 is 11.7 Å². The van der Waals surface area contributed by atoms with Crippen LogP contribution in [-0.4, -0.2) is 17.2 Å². The van der Waals surface area contributed by atoms with Gasteiger partial charge in [-0.1, -0.05) is 6.07 Å². The van der Waals surface area contributed by atoms with Gasteiger partial charge in [0, 0.05) is 14.7 Å². The number of carbonyl (C=O) groups excluding carboxylic acids is 1. The molecule has 20 heavy (non-hydrogen) atoms. The van der Waals surface area contributed by atoms with E-state index in [0.29, 0.717) is 5.56 Å². The smallest absolute Gasteiger partial charge is 0.271 e. The molecular weight excluding hydrogens is 374 g/mol. The number of hydrazone groups is 1. The molecule has 2 N–H and O–H groups in total. The maximum absolute atomic E-state index is 13.0. The molecule has 2 rings (SSSR count). The Morgan fingerprint density at radius 2 is 2.10 bits per heavy atom. The Morgan fingerprint density at radius 1 is 1.30 bits per heavy atom. The number of halogens is 2. The van der Waals surface area contributed by atoms with Gasteiger partial charge in [0.05, 0.1) is 6.21 Å². The van der Waals surface area contributed by atoms with Crippen LogP contribution in [0, 0.1) is 9.39 Å². The molecule has 0 unspecified atom stereocenters. The van der Waals surface area contributed by atoms with E-state index in [0.717, 1.165) is 9.64 Å². The van der Waals surface area contributed by atoms with E-state index in [1.165, 1.54) is 30.5 Å². The number of hydrogen-bond acceptors (Lipinski definition) is 3. The third kappa shape index (κ3) is 3.77. The highest BCUT2D eigenvalue weighted by Crippen LogP contribution is 2.17. The van der Waals surface area contributed by atoms with Crippen molar-refractivity contribution in [3.05, 3.63) is 63.0 Å². The first-order valence-electron chi connectivity index (χ1n) is 5.64. The predicted molar refractivity (Wildman–Crippen MR) is 82.3 cm³/mol. The summed E-state index contributed by atoms with van der Waals surface area (Å²) >= 11 is 2.10. The Morgan fingerprint density at radius 3 is 2.85 bits per heavy atom. The predicted octanol–water partition coefficient (Wildman–Crippen LogP) is 2.90. The highest BCUT2D eigenvalue weighted by atomic mass is 127. The summed E-state index contributed by atoms with van der Waals surface area (Å²) in [6.07, 6.45) is 1.33. The van der Waals surface area contributed by atoms with Crippen LogP contribution in [0.3, 0.4) is 0 Å². The molecule has 0 aliphatic carbocycles. The fraction of sp³-hybridized carbons (Fsp3) is 0. The van der Waals surface area contributed by atoms with E-state index in [2.05, 4.69) is 33.1 Å². The third-order valence-corrected chi connectivity index (χ3v) is 3.12. The van der Waals surface area contributed by atoms with Crippen molar-refractivity contribution in [1.82, 2.24) is 5.43 Å². The Hall–Kier alpha value is -1.96. The van der Waals surface area contributed by atoms with E-state index in [1.807, 2.05) is 0 Å². The van der Waals surface area contributed by atoms with Crippen LogP contribution in [0.5, 0.6) is 5.75 Å². The molecule has 0 radical (unpaired) electrons. The first kappa shape index (κ1) is 14.4. The van der Waals surface area contributed by atoms with Crippen LogP contribution < -0.4 is 5.43 Å². The van der Waals surface area contributed by atoms with Crippen LogP contribution in [0.2, 0.25) is 0 Å². The minimum absolute atomic E-state index is 0.0640. The fourth-order valence-electron chi connectivity index (χ4n) is 1.48. The van der Waals surface area contributed by atoms with Gasteiger partial charge >= 0.3 is 0 Å². The van der Waals surface area contributed by atoms with Gasteiger partial charge in [0.2, 0.25) is 0 Å². The third-order valence-electron chi connectivity index (χ3n) is 2.45. The second-order valence-electron chi connectivity index (χ2n) is 3.91. The van der Waals surface area contributed by atoms with Gasteiger partial charge in [0.15, 0.2) is 0 Å². The zero-order chi connectivity index (χ0) is 14.5. The molecule has 0 saturated heterocycles. The lowest BCUT2D eigenvalue weighted by molar-refractivity contribution is 0.0954. The average Bonchev–Trinajstić information content (AvgIpc) is 2.42. The molecule has 1 amide bonds. The number of nitrogens with one attached hydrogen (secondary N) is 1. The largest absolute Gasteiger partial charge is 0.507 e. The summed E-state index contributed by atoms with van der Waals surface area (Å²) in [4.78, 5) is 11.7. The first-order chi connectivity index (χ1) is 9.56. The summed E-state index contributed by atoms with van der Waals surface area (Å²) in [5.74, 6) is -0.947. The number of phenolic OH excluding ortho intramolecular Hbond substituents is 1. The van der Waals surface area contributed by atoms with Crippen molar-refractivity contribution >= 4 is 34.7 Å². The van der Waals surface area contributed by atoms with Crippen molar-refractivity contribution in [3.8, 4) is 5.75 Å². The molecule has 0 spiro atoms. The van der Waals surface area contributed by atoms with Gasteiger partial charge in [-0.3, -0.25) is 4.79 Å². The summed E-state index contributed by atoms with van der Waals surface area (Å²) in [5.41, 5.74) is 2.93. The number of amides is 1. The molecule has 102 valence electrons. The van der Waals surface area contributed by atoms with Crippen molar-refractivity contribution in [2.24, 2.45) is 5.10 Å². The molecule has 0 fully saturated rings. The number of phenols is 1. The van der Waals surface area contributed by atoms with Gasteiger partial charge in [-0.15, -0.1) is 0 Å². The van der Waals surface area contributed by atoms with Gasteiger partial charge in [-0.2, -0.15) is 5.10 Å². The van der Waals surface area contributed by atoms with Crippen molar-refractivity contribution in [3.63, 3.8) is 0 Å². The molecule has 0 atom stereocenters. The van der Waals surface area contributed by atoms with Gasteiger partial charge in [0.25, 0.3) is 5.91 Å². The lowest BCUT2D eigenvalue weighted by Crippen LogP contribution is -2.17.